The molecular formula is C22H19NO3. The van der Waals surface area contributed by atoms with E-state index in [0.29, 0.717) is 11.3 Å². The molecule has 1 amide bonds. The maximum Gasteiger partial charge on any atom is 0.236 e. The summed E-state index contributed by atoms with van der Waals surface area (Å²) in [4.78, 5) is 26.7. The van der Waals surface area contributed by atoms with Gasteiger partial charge < -0.3 is 10.1 Å². The third kappa shape index (κ3) is 1.79. The van der Waals surface area contributed by atoms with Crippen LogP contribution in [0.2, 0.25) is 0 Å². The number of methoxy groups -OCH3 is 1. The summed E-state index contributed by atoms with van der Waals surface area (Å²) in [6, 6.07) is 15.0. The van der Waals surface area contributed by atoms with Gasteiger partial charge in [0.1, 0.15) is 5.75 Å². The average Bonchev–Trinajstić information content (AvgIpc) is 3.35. The topological polar surface area (TPSA) is 55.4 Å². The van der Waals surface area contributed by atoms with Crippen LogP contribution in [-0.4, -0.2) is 18.8 Å². The lowest BCUT2D eigenvalue weighted by Gasteiger charge is -2.36. The maximum atomic E-state index is 13.5. The van der Waals surface area contributed by atoms with E-state index >= 15 is 0 Å². The van der Waals surface area contributed by atoms with Gasteiger partial charge in [0, 0.05) is 17.2 Å². The van der Waals surface area contributed by atoms with Gasteiger partial charge in [-0.15, -0.1) is 0 Å². The Morgan fingerprint density at radius 1 is 1.12 bits per heavy atom. The summed E-state index contributed by atoms with van der Waals surface area (Å²) >= 11 is 0. The lowest BCUT2D eigenvalue weighted by molar-refractivity contribution is -0.122. The average molecular weight is 345 g/mol. The monoisotopic (exact) mass is 345 g/mol. The van der Waals surface area contributed by atoms with E-state index in [1.165, 1.54) is 0 Å². The summed E-state index contributed by atoms with van der Waals surface area (Å²) < 4.78 is 5.19. The minimum absolute atomic E-state index is 0.0383. The number of hydrogen-bond acceptors (Lipinski definition) is 3. The second-order valence-corrected chi connectivity index (χ2v) is 7.33. The molecule has 2 bridgehead atoms. The number of hydrogen-bond donors (Lipinski definition) is 1. The molecule has 3 aliphatic rings. The Kier molecular flexibility index (Phi) is 3.14. The Labute approximate surface area is 151 Å². The SMILES string of the molecule is COc1ccc(C(=O)[C@H]2[C@H]3C=C[C@@H](C3)[C@@]23C(=O)Nc2ccccc23)cc1. The van der Waals surface area contributed by atoms with E-state index < -0.39 is 5.41 Å². The first-order valence-corrected chi connectivity index (χ1v) is 8.94. The molecule has 1 heterocycles. The van der Waals surface area contributed by atoms with Gasteiger partial charge in [-0.05, 0) is 54.2 Å². The van der Waals surface area contributed by atoms with Crippen LogP contribution in [0.4, 0.5) is 5.69 Å². The molecule has 4 nitrogen and oxygen atoms in total. The largest absolute Gasteiger partial charge is 0.497 e. The number of ether oxygens (including phenoxy) is 1. The van der Waals surface area contributed by atoms with Gasteiger partial charge in [-0.25, -0.2) is 0 Å². The van der Waals surface area contributed by atoms with Gasteiger partial charge >= 0.3 is 0 Å². The van der Waals surface area contributed by atoms with Crippen LogP contribution in [0, 0.1) is 17.8 Å². The zero-order chi connectivity index (χ0) is 17.9. The van der Waals surface area contributed by atoms with Gasteiger partial charge in [-0.1, -0.05) is 30.4 Å². The number of carbonyl (C=O) groups is 2. The fraction of sp³-hybridized carbons (Fsp3) is 0.273. The highest BCUT2D eigenvalue weighted by atomic mass is 16.5. The van der Waals surface area contributed by atoms with E-state index in [2.05, 4.69) is 17.5 Å². The number of fused-ring (bicyclic) bond motifs is 5. The third-order valence-corrected chi connectivity index (χ3v) is 6.27. The van der Waals surface area contributed by atoms with Crippen LogP contribution in [0.5, 0.6) is 5.75 Å². The molecule has 130 valence electrons. The Morgan fingerprint density at radius 3 is 2.65 bits per heavy atom. The minimum atomic E-state index is -0.785. The number of amides is 1. The summed E-state index contributed by atoms with van der Waals surface area (Å²) in [5.41, 5.74) is 1.65. The number of allylic oxidation sites excluding steroid dienone is 2. The number of anilines is 1. The molecule has 26 heavy (non-hydrogen) atoms. The van der Waals surface area contributed by atoms with Crippen LogP contribution >= 0.6 is 0 Å². The first-order valence-electron chi connectivity index (χ1n) is 8.94. The van der Waals surface area contributed by atoms with Crippen LogP contribution in [-0.2, 0) is 10.2 Å². The van der Waals surface area contributed by atoms with Crippen molar-refractivity contribution in [3.05, 3.63) is 71.8 Å². The lowest BCUT2D eigenvalue weighted by atomic mass is 9.63. The van der Waals surface area contributed by atoms with Crippen molar-refractivity contribution in [3.8, 4) is 5.75 Å². The van der Waals surface area contributed by atoms with Crippen molar-refractivity contribution in [2.45, 2.75) is 11.8 Å². The molecule has 1 N–H and O–H groups in total. The molecule has 4 heteroatoms. The summed E-state index contributed by atoms with van der Waals surface area (Å²) in [6.07, 6.45) is 5.11. The van der Waals surface area contributed by atoms with E-state index in [9.17, 15) is 9.59 Å². The van der Waals surface area contributed by atoms with E-state index in [1.54, 1.807) is 31.4 Å². The van der Waals surface area contributed by atoms with Gasteiger partial charge in [-0.3, -0.25) is 9.59 Å². The Bertz CT molecular complexity index is 946. The molecule has 2 aromatic rings. The van der Waals surface area contributed by atoms with Crippen molar-refractivity contribution in [3.63, 3.8) is 0 Å². The number of nitrogens with one attached hydrogen (secondary N) is 1. The van der Waals surface area contributed by atoms with Crippen molar-refractivity contribution in [1.29, 1.82) is 0 Å². The van der Waals surface area contributed by atoms with Gasteiger partial charge in [0.25, 0.3) is 0 Å². The second-order valence-electron chi connectivity index (χ2n) is 7.33. The number of carbonyl (C=O) groups excluding carboxylic acids is 2. The summed E-state index contributed by atoms with van der Waals surface area (Å²) in [6.45, 7) is 0. The lowest BCUT2D eigenvalue weighted by Crippen LogP contribution is -2.48. The van der Waals surface area contributed by atoms with Gasteiger partial charge in [0.05, 0.1) is 12.5 Å². The number of Topliss-reactive ketones (excluding diaryl/α,β-unsaturated/α-hetero) is 1. The van der Waals surface area contributed by atoms with Crippen LogP contribution in [0.1, 0.15) is 22.3 Å². The van der Waals surface area contributed by atoms with Crippen LogP contribution in [0.3, 0.4) is 0 Å². The fourth-order valence-corrected chi connectivity index (χ4v) is 5.19. The van der Waals surface area contributed by atoms with Gasteiger partial charge in [-0.2, -0.15) is 0 Å². The predicted octanol–water partition coefficient (Wildman–Crippen LogP) is 3.59. The van der Waals surface area contributed by atoms with Crippen molar-refractivity contribution >= 4 is 17.4 Å². The smallest absolute Gasteiger partial charge is 0.236 e. The number of ketones is 1. The zero-order valence-corrected chi connectivity index (χ0v) is 14.4. The number of rotatable bonds is 3. The van der Waals surface area contributed by atoms with Crippen LogP contribution in [0.15, 0.2) is 60.7 Å². The molecule has 0 radical (unpaired) electrons. The van der Waals surface area contributed by atoms with Crippen LogP contribution in [0.25, 0.3) is 0 Å². The first kappa shape index (κ1) is 15.4. The zero-order valence-electron chi connectivity index (χ0n) is 14.4. The van der Waals surface area contributed by atoms with Crippen molar-refractivity contribution in [1.82, 2.24) is 0 Å². The third-order valence-electron chi connectivity index (χ3n) is 6.27. The standard InChI is InChI=1S/C22H19NO3/c1-26-16-10-7-13(8-11-16)20(24)19-14-6-9-15(12-14)22(19)17-4-2-3-5-18(17)23-21(22)25/h2-11,14-15,19H,12H2,1H3,(H,23,25)/t14-,15-,19+,22-/m0/s1. The first-order chi connectivity index (χ1) is 12.7. The summed E-state index contributed by atoms with van der Waals surface area (Å²) in [5.74, 6) is 0.524. The molecule has 1 saturated carbocycles. The van der Waals surface area contributed by atoms with Gasteiger partial charge in [0.15, 0.2) is 5.78 Å². The van der Waals surface area contributed by atoms with E-state index in [0.717, 1.165) is 17.7 Å². The molecule has 0 saturated heterocycles. The van der Waals surface area contributed by atoms with Crippen LogP contribution < -0.4 is 10.1 Å². The minimum Gasteiger partial charge on any atom is -0.497 e. The normalized spacial score (nSPS) is 30.5. The molecule has 1 spiro atoms. The molecule has 0 aromatic heterocycles. The molecule has 2 aromatic carbocycles. The highest BCUT2D eigenvalue weighted by Gasteiger charge is 2.66. The summed E-state index contributed by atoms with van der Waals surface area (Å²) in [7, 11) is 1.60. The molecule has 1 aliphatic heterocycles. The molecule has 5 rings (SSSR count). The highest BCUT2D eigenvalue weighted by Crippen LogP contribution is 2.61. The Morgan fingerprint density at radius 2 is 1.88 bits per heavy atom. The van der Waals surface area contributed by atoms with E-state index in [1.807, 2.05) is 24.3 Å². The van der Waals surface area contributed by atoms with Crippen molar-refractivity contribution < 1.29 is 14.3 Å². The van der Waals surface area contributed by atoms with Gasteiger partial charge in [0.2, 0.25) is 5.91 Å². The second kappa shape index (κ2) is 5.31. The number of para-hydroxylation sites is 1. The fourth-order valence-electron chi connectivity index (χ4n) is 5.19. The van der Waals surface area contributed by atoms with Crippen molar-refractivity contribution in [2.75, 3.05) is 12.4 Å². The van der Waals surface area contributed by atoms with E-state index in [-0.39, 0.29) is 29.4 Å². The number of benzene rings is 2. The molecule has 4 atom stereocenters. The molecular weight excluding hydrogens is 326 g/mol. The quantitative estimate of drug-likeness (QED) is 0.683. The molecule has 1 fully saturated rings. The predicted molar refractivity (Wildman–Crippen MR) is 98.3 cm³/mol. The van der Waals surface area contributed by atoms with Crippen molar-refractivity contribution in [2.24, 2.45) is 17.8 Å². The highest BCUT2D eigenvalue weighted by molar-refractivity contribution is 6.13. The molecule has 2 aliphatic carbocycles. The van der Waals surface area contributed by atoms with E-state index in [4.69, 9.17) is 4.74 Å². The Hall–Kier alpha value is -2.88. The molecule has 0 unspecified atom stereocenters. The Balaban J connectivity index is 1.65. The summed E-state index contributed by atoms with van der Waals surface area (Å²) in [5, 5.41) is 3.02. The maximum absolute atomic E-state index is 13.5.